The molecule has 4 nitrogen and oxygen atoms in total. The summed E-state index contributed by atoms with van der Waals surface area (Å²) >= 11 is 0. The average Bonchev–Trinajstić information content (AvgIpc) is 2.83. The van der Waals surface area contributed by atoms with E-state index in [1.165, 1.54) is 0 Å². The fraction of sp³-hybridized carbons (Fsp3) is 0.462. The second-order valence-corrected chi connectivity index (χ2v) is 4.25. The number of nitrogens with zero attached hydrogens (tertiary/aromatic N) is 1. The zero-order valence-electron chi connectivity index (χ0n) is 10.0. The first kappa shape index (κ1) is 11.9. The van der Waals surface area contributed by atoms with E-state index in [2.05, 4.69) is 5.32 Å². The molecule has 1 heterocycles. The van der Waals surface area contributed by atoms with Crippen molar-refractivity contribution >= 4 is 11.6 Å². The summed E-state index contributed by atoms with van der Waals surface area (Å²) in [6.07, 6.45) is 1.95. The van der Waals surface area contributed by atoms with Gasteiger partial charge in [0.2, 0.25) is 5.91 Å². The molecule has 2 rings (SSSR count). The van der Waals surface area contributed by atoms with Gasteiger partial charge in [-0.1, -0.05) is 6.07 Å². The summed E-state index contributed by atoms with van der Waals surface area (Å²) in [6.45, 7) is 3.46. The Morgan fingerprint density at radius 2 is 2.41 bits per heavy atom. The van der Waals surface area contributed by atoms with Crippen LogP contribution < -0.4 is 10.2 Å². The normalized spacial score (nSPS) is 19.2. The van der Waals surface area contributed by atoms with Crippen molar-refractivity contribution in [1.82, 2.24) is 5.32 Å². The number of phenols is 1. The molecule has 1 aromatic carbocycles. The van der Waals surface area contributed by atoms with Gasteiger partial charge in [0.1, 0.15) is 5.75 Å². The minimum absolute atomic E-state index is 0.0719. The van der Waals surface area contributed by atoms with Crippen LogP contribution in [0.1, 0.15) is 19.8 Å². The second-order valence-electron chi connectivity index (χ2n) is 4.25. The molecule has 4 heteroatoms. The molecule has 1 aliphatic rings. The summed E-state index contributed by atoms with van der Waals surface area (Å²) < 4.78 is 0. The van der Waals surface area contributed by atoms with E-state index in [1.807, 2.05) is 13.0 Å². The minimum Gasteiger partial charge on any atom is -0.508 e. The van der Waals surface area contributed by atoms with E-state index in [0.717, 1.165) is 25.1 Å². The summed E-state index contributed by atoms with van der Waals surface area (Å²) in [5.74, 6) is 0.281. The minimum atomic E-state index is -0.0719. The molecule has 2 N–H and O–H groups in total. The Hall–Kier alpha value is -1.55. The van der Waals surface area contributed by atoms with Gasteiger partial charge >= 0.3 is 0 Å². The number of likely N-dealkylation sites (N-methyl/N-ethyl adjacent to an activating group) is 1. The molecular weight excluding hydrogens is 216 g/mol. The average molecular weight is 234 g/mol. The molecule has 1 aromatic rings. The van der Waals surface area contributed by atoms with Crippen LogP contribution in [0.5, 0.6) is 5.75 Å². The number of hydrogen-bond acceptors (Lipinski definition) is 3. The number of carbonyl (C=O) groups excluding carboxylic acids is 1. The number of aromatic hydroxyl groups is 1. The summed E-state index contributed by atoms with van der Waals surface area (Å²) in [6, 6.07) is 6.75. The van der Waals surface area contributed by atoms with Crippen molar-refractivity contribution < 1.29 is 9.90 Å². The summed E-state index contributed by atoms with van der Waals surface area (Å²) in [7, 11) is 0. The maximum absolute atomic E-state index is 12.3. The molecule has 0 radical (unpaired) electrons. The number of anilines is 1. The first-order chi connectivity index (χ1) is 8.22. The Bertz CT molecular complexity index is 400. The highest BCUT2D eigenvalue weighted by Gasteiger charge is 2.26. The lowest BCUT2D eigenvalue weighted by Crippen LogP contribution is -2.43. The van der Waals surface area contributed by atoms with Gasteiger partial charge in [-0.15, -0.1) is 0 Å². The number of nitrogens with one attached hydrogen (secondary N) is 1. The summed E-state index contributed by atoms with van der Waals surface area (Å²) in [5.41, 5.74) is 0.756. The Balaban J connectivity index is 2.17. The van der Waals surface area contributed by atoms with Crippen molar-refractivity contribution in [2.75, 3.05) is 18.0 Å². The van der Waals surface area contributed by atoms with Crippen LogP contribution in [0, 0.1) is 0 Å². The van der Waals surface area contributed by atoms with E-state index in [1.54, 1.807) is 23.1 Å². The third kappa shape index (κ3) is 2.58. The molecule has 0 aromatic heterocycles. The number of benzene rings is 1. The van der Waals surface area contributed by atoms with E-state index >= 15 is 0 Å². The zero-order chi connectivity index (χ0) is 12.3. The van der Waals surface area contributed by atoms with Gasteiger partial charge in [0.25, 0.3) is 0 Å². The SMILES string of the molecule is CCN(C(=O)[C@@H]1CCCN1)c1cccc(O)c1. The van der Waals surface area contributed by atoms with Gasteiger partial charge in [-0.3, -0.25) is 4.79 Å². The van der Waals surface area contributed by atoms with Gasteiger partial charge in [0, 0.05) is 18.3 Å². The molecule has 17 heavy (non-hydrogen) atoms. The summed E-state index contributed by atoms with van der Waals surface area (Å²) in [5, 5.41) is 12.7. The maximum Gasteiger partial charge on any atom is 0.244 e. The van der Waals surface area contributed by atoms with Gasteiger partial charge in [0.05, 0.1) is 6.04 Å². The molecule has 0 unspecified atom stereocenters. The maximum atomic E-state index is 12.3. The molecule has 92 valence electrons. The molecule has 0 bridgehead atoms. The second kappa shape index (κ2) is 5.19. The Labute approximate surface area is 101 Å². The lowest BCUT2D eigenvalue weighted by atomic mass is 10.2. The van der Waals surface area contributed by atoms with Crippen molar-refractivity contribution in [1.29, 1.82) is 0 Å². The van der Waals surface area contributed by atoms with Crippen LogP contribution in [0.2, 0.25) is 0 Å². The Morgan fingerprint density at radius 3 is 3.00 bits per heavy atom. The molecule has 0 aliphatic carbocycles. The largest absolute Gasteiger partial charge is 0.508 e. The predicted octanol–water partition coefficient (Wildman–Crippen LogP) is 1.50. The molecule has 0 saturated carbocycles. The number of phenolic OH excluding ortho intramolecular Hbond substituents is 1. The summed E-state index contributed by atoms with van der Waals surface area (Å²) in [4.78, 5) is 14.0. The highest BCUT2D eigenvalue weighted by Crippen LogP contribution is 2.21. The van der Waals surface area contributed by atoms with E-state index in [-0.39, 0.29) is 17.7 Å². The lowest BCUT2D eigenvalue weighted by Gasteiger charge is -2.24. The highest BCUT2D eigenvalue weighted by molar-refractivity contribution is 5.97. The smallest absolute Gasteiger partial charge is 0.244 e. The van der Waals surface area contributed by atoms with Crippen molar-refractivity contribution in [2.24, 2.45) is 0 Å². The van der Waals surface area contributed by atoms with Crippen LogP contribution in [0.3, 0.4) is 0 Å². The molecule has 0 spiro atoms. The number of hydrogen-bond donors (Lipinski definition) is 2. The van der Waals surface area contributed by atoms with Gasteiger partial charge in [-0.05, 0) is 38.4 Å². The number of carbonyl (C=O) groups is 1. The van der Waals surface area contributed by atoms with Crippen LogP contribution in [0.4, 0.5) is 5.69 Å². The van der Waals surface area contributed by atoms with Gasteiger partial charge in [0.15, 0.2) is 0 Å². The molecular formula is C13H18N2O2. The van der Waals surface area contributed by atoms with Crippen molar-refractivity contribution in [3.8, 4) is 5.75 Å². The van der Waals surface area contributed by atoms with E-state index in [9.17, 15) is 9.90 Å². The van der Waals surface area contributed by atoms with Crippen LogP contribution in [-0.4, -0.2) is 30.1 Å². The van der Waals surface area contributed by atoms with Gasteiger partial charge < -0.3 is 15.3 Å². The van der Waals surface area contributed by atoms with Crippen LogP contribution in [0.15, 0.2) is 24.3 Å². The van der Waals surface area contributed by atoms with Crippen molar-refractivity contribution in [3.05, 3.63) is 24.3 Å². The number of rotatable bonds is 3. The number of amides is 1. The first-order valence-corrected chi connectivity index (χ1v) is 6.06. The first-order valence-electron chi connectivity index (χ1n) is 6.06. The quantitative estimate of drug-likeness (QED) is 0.833. The molecule has 1 aliphatic heterocycles. The Morgan fingerprint density at radius 1 is 1.59 bits per heavy atom. The van der Waals surface area contributed by atoms with Crippen LogP contribution >= 0.6 is 0 Å². The molecule has 1 saturated heterocycles. The third-order valence-electron chi connectivity index (χ3n) is 3.08. The van der Waals surface area contributed by atoms with Crippen molar-refractivity contribution in [2.45, 2.75) is 25.8 Å². The van der Waals surface area contributed by atoms with Crippen LogP contribution in [0.25, 0.3) is 0 Å². The lowest BCUT2D eigenvalue weighted by molar-refractivity contribution is -0.120. The van der Waals surface area contributed by atoms with E-state index in [0.29, 0.717) is 6.54 Å². The van der Waals surface area contributed by atoms with E-state index < -0.39 is 0 Å². The standard InChI is InChI=1S/C13H18N2O2/c1-2-15(10-5-3-6-11(16)9-10)13(17)12-7-4-8-14-12/h3,5-6,9,12,14,16H,2,4,7-8H2,1H3/t12-/m0/s1. The van der Waals surface area contributed by atoms with Crippen molar-refractivity contribution in [3.63, 3.8) is 0 Å². The Kier molecular flexibility index (Phi) is 3.64. The van der Waals surface area contributed by atoms with E-state index in [4.69, 9.17) is 0 Å². The molecule has 1 amide bonds. The zero-order valence-corrected chi connectivity index (χ0v) is 10.0. The monoisotopic (exact) mass is 234 g/mol. The third-order valence-corrected chi connectivity index (χ3v) is 3.08. The van der Waals surface area contributed by atoms with Gasteiger partial charge in [-0.2, -0.15) is 0 Å². The topological polar surface area (TPSA) is 52.6 Å². The molecule has 1 fully saturated rings. The fourth-order valence-corrected chi connectivity index (χ4v) is 2.21. The van der Waals surface area contributed by atoms with Gasteiger partial charge in [-0.25, -0.2) is 0 Å². The predicted molar refractivity (Wildman–Crippen MR) is 67.2 cm³/mol. The van der Waals surface area contributed by atoms with Crippen LogP contribution in [-0.2, 0) is 4.79 Å². The highest BCUT2D eigenvalue weighted by atomic mass is 16.3. The molecule has 1 atom stereocenters. The fourth-order valence-electron chi connectivity index (χ4n) is 2.21.